The molecule has 28 heavy (non-hydrogen) atoms. The van der Waals surface area contributed by atoms with Gasteiger partial charge in [0.2, 0.25) is 11.9 Å². The molecular formula is C18H36N6O4. The lowest BCUT2D eigenvalue weighted by Gasteiger charge is -2.06. The van der Waals surface area contributed by atoms with Crippen molar-refractivity contribution in [1.29, 1.82) is 0 Å². The van der Waals surface area contributed by atoms with Gasteiger partial charge in [-0.3, -0.25) is 9.98 Å². The lowest BCUT2D eigenvalue weighted by molar-refractivity contribution is -0.148. The quantitative estimate of drug-likeness (QED) is 0.157. The second-order valence-electron chi connectivity index (χ2n) is 6.41. The summed E-state index contributed by atoms with van der Waals surface area (Å²) >= 11 is 0. The number of carbonyl (C=O) groups excluding carboxylic acids is 2. The molecule has 0 saturated carbocycles. The van der Waals surface area contributed by atoms with E-state index in [-0.39, 0.29) is 23.9 Å². The molecule has 0 amide bonds. The summed E-state index contributed by atoms with van der Waals surface area (Å²) < 4.78 is 0. The molecular weight excluding hydrogens is 364 g/mol. The van der Waals surface area contributed by atoms with Crippen LogP contribution >= 0.6 is 0 Å². The minimum atomic E-state index is -0.326. The predicted octanol–water partition coefficient (Wildman–Crippen LogP) is 1.65. The van der Waals surface area contributed by atoms with Crippen LogP contribution in [0.3, 0.4) is 0 Å². The molecule has 10 heteroatoms. The highest BCUT2D eigenvalue weighted by molar-refractivity contribution is 5.79. The highest BCUT2D eigenvalue weighted by atomic mass is 16.7. The zero-order chi connectivity index (χ0) is 21.0. The topological polar surface area (TPSA) is 153 Å². The van der Waals surface area contributed by atoms with Gasteiger partial charge in [-0.05, 0) is 12.8 Å². The van der Waals surface area contributed by atoms with Crippen molar-refractivity contribution < 1.29 is 19.3 Å². The summed E-state index contributed by atoms with van der Waals surface area (Å²) in [6.45, 7) is 0. The molecule has 0 fully saturated rings. The molecule has 0 bridgehead atoms. The number of guanidine groups is 2. The minimum absolute atomic E-state index is 0.0810. The number of aliphatic imine (C=N–C) groups is 2. The van der Waals surface area contributed by atoms with Crippen molar-refractivity contribution in [1.82, 2.24) is 11.0 Å². The molecule has 0 spiro atoms. The molecule has 0 aliphatic carbocycles. The number of carbonyl (C=O) groups is 2. The van der Waals surface area contributed by atoms with E-state index < -0.39 is 0 Å². The first-order valence-electron chi connectivity index (χ1n) is 9.85. The van der Waals surface area contributed by atoms with Crippen molar-refractivity contribution in [2.75, 3.05) is 14.1 Å². The normalized spacial score (nSPS) is 11.8. The molecule has 0 aliphatic rings. The second-order valence-corrected chi connectivity index (χ2v) is 6.41. The standard InChI is InChI=1S/C18H36N6O4/c1-21-17(19)23-27-15(25)13-11-9-7-5-3-4-6-8-10-12-14-16(26)28-24-18(20)22-2/h3-14H2,1-2H3,(H3,19,21,23)(H3,20,22,24). The maximum absolute atomic E-state index is 11.4. The first-order valence-corrected chi connectivity index (χ1v) is 9.85. The molecule has 0 saturated heterocycles. The summed E-state index contributed by atoms with van der Waals surface area (Å²) in [6, 6.07) is 0. The molecule has 0 aromatic carbocycles. The molecule has 0 unspecified atom stereocenters. The first kappa shape index (κ1) is 25.5. The van der Waals surface area contributed by atoms with Gasteiger partial charge in [-0.1, -0.05) is 51.4 Å². The van der Waals surface area contributed by atoms with E-state index in [1.807, 2.05) is 0 Å². The third kappa shape index (κ3) is 16.9. The van der Waals surface area contributed by atoms with Gasteiger partial charge in [0.15, 0.2) is 0 Å². The Morgan fingerprint density at radius 2 is 0.929 bits per heavy atom. The Kier molecular flexibility index (Phi) is 16.3. The third-order valence-electron chi connectivity index (χ3n) is 4.03. The molecule has 0 heterocycles. The molecule has 0 rings (SSSR count). The average molecular weight is 401 g/mol. The van der Waals surface area contributed by atoms with Gasteiger partial charge in [0.1, 0.15) is 0 Å². The zero-order valence-electron chi connectivity index (χ0n) is 17.2. The van der Waals surface area contributed by atoms with Crippen LogP contribution in [0.25, 0.3) is 0 Å². The number of hydrogen-bond acceptors (Lipinski definition) is 6. The Morgan fingerprint density at radius 1 is 0.643 bits per heavy atom. The van der Waals surface area contributed by atoms with E-state index >= 15 is 0 Å². The Hall–Kier alpha value is -2.52. The Balaban J connectivity index is 3.31. The van der Waals surface area contributed by atoms with E-state index in [2.05, 4.69) is 20.9 Å². The first-order chi connectivity index (χ1) is 13.5. The van der Waals surface area contributed by atoms with Gasteiger partial charge in [-0.15, -0.1) is 0 Å². The van der Waals surface area contributed by atoms with Crippen LogP contribution in [0.2, 0.25) is 0 Å². The predicted molar refractivity (Wildman–Crippen MR) is 109 cm³/mol. The fraction of sp³-hybridized carbons (Fsp3) is 0.778. The smallest absolute Gasteiger partial charge is 0.332 e. The Labute approximate surface area is 167 Å². The molecule has 0 radical (unpaired) electrons. The molecule has 162 valence electrons. The molecule has 10 nitrogen and oxygen atoms in total. The molecule has 0 aliphatic heterocycles. The SMILES string of the molecule is CN=C(N)NOC(=O)CCCCCCCCCCCCC(=O)ONC(N)=NC. The van der Waals surface area contributed by atoms with E-state index in [0.717, 1.165) is 38.5 Å². The zero-order valence-corrected chi connectivity index (χ0v) is 17.2. The largest absolute Gasteiger partial charge is 0.368 e. The van der Waals surface area contributed by atoms with Crippen LogP contribution in [-0.2, 0) is 19.3 Å². The second kappa shape index (κ2) is 17.9. The van der Waals surface area contributed by atoms with E-state index in [1.165, 1.54) is 39.8 Å². The van der Waals surface area contributed by atoms with Crippen molar-refractivity contribution in [2.24, 2.45) is 21.5 Å². The van der Waals surface area contributed by atoms with Crippen LogP contribution in [0.1, 0.15) is 77.0 Å². The fourth-order valence-electron chi connectivity index (χ4n) is 2.36. The Bertz CT molecular complexity index is 452. The van der Waals surface area contributed by atoms with Crippen LogP contribution in [0.5, 0.6) is 0 Å². The number of nitrogens with zero attached hydrogens (tertiary/aromatic N) is 2. The van der Waals surface area contributed by atoms with Crippen molar-refractivity contribution in [3.63, 3.8) is 0 Å². The van der Waals surface area contributed by atoms with Crippen molar-refractivity contribution >= 4 is 23.9 Å². The number of nitrogens with two attached hydrogens (primary N) is 2. The van der Waals surface area contributed by atoms with Gasteiger partial charge in [-0.25, -0.2) is 9.59 Å². The number of unbranched alkanes of at least 4 members (excludes halogenated alkanes) is 9. The molecule has 0 atom stereocenters. The summed E-state index contributed by atoms with van der Waals surface area (Å²) in [7, 11) is 3.01. The van der Waals surface area contributed by atoms with E-state index in [9.17, 15) is 9.59 Å². The third-order valence-corrected chi connectivity index (χ3v) is 4.03. The minimum Gasteiger partial charge on any atom is -0.368 e. The lowest BCUT2D eigenvalue weighted by Crippen LogP contribution is -2.33. The molecule has 0 aromatic heterocycles. The van der Waals surface area contributed by atoms with Gasteiger partial charge in [0.25, 0.3) is 0 Å². The maximum atomic E-state index is 11.4. The summed E-state index contributed by atoms with van der Waals surface area (Å²) in [5.41, 5.74) is 15.3. The van der Waals surface area contributed by atoms with Gasteiger partial charge in [0, 0.05) is 26.9 Å². The van der Waals surface area contributed by atoms with Gasteiger partial charge in [0.05, 0.1) is 0 Å². The van der Waals surface area contributed by atoms with E-state index in [1.54, 1.807) is 0 Å². The van der Waals surface area contributed by atoms with Gasteiger partial charge >= 0.3 is 11.9 Å². The van der Waals surface area contributed by atoms with E-state index in [0.29, 0.717) is 12.8 Å². The van der Waals surface area contributed by atoms with Crippen molar-refractivity contribution in [3.8, 4) is 0 Å². The summed E-state index contributed by atoms with van der Waals surface area (Å²) in [5, 5.41) is 0. The van der Waals surface area contributed by atoms with Crippen LogP contribution in [0, 0.1) is 0 Å². The highest BCUT2D eigenvalue weighted by Gasteiger charge is 2.04. The number of rotatable bonds is 13. The fourth-order valence-corrected chi connectivity index (χ4v) is 2.36. The van der Waals surface area contributed by atoms with Gasteiger partial charge < -0.3 is 21.1 Å². The summed E-state index contributed by atoms with van der Waals surface area (Å²) in [5.74, 6) is -0.490. The molecule has 0 aromatic rings. The number of nitrogens with one attached hydrogen (secondary N) is 2. The van der Waals surface area contributed by atoms with Crippen molar-refractivity contribution in [3.05, 3.63) is 0 Å². The average Bonchev–Trinajstić information content (AvgIpc) is 2.70. The summed E-state index contributed by atoms with van der Waals surface area (Å²) in [6.07, 6.45) is 11.3. The van der Waals surface area contributed by atoms with Crippen LogP contribution in [0.4, 0.5) is 0 Å². The lowest BCUT2D eigenvalue weighted by atomic mass is 10.1. The Morgan fingerprint density at radius 3 is 1.21 bits per heavy atom. The van der Waals surface area contributed by atoms with Crippen LogP contribution in [-0.4, -0.2) is 38.0 Å². The van der Waals surface area contributed by atoms with Crippen molar-refractivity contribution in [2.45, 2.75) is 77.0 Å². The molecule has 6 N–H and O–H groups in total. The van der Waals surface area contributed by atoms with Gasteiger partial charge in [-0.2, -0.15) is 11.0 Å². The van der Waals surface area contributed by atoms with E-state index in [4.69, 9.17) is 21.1 Å². The number of hydroxylamine groups is 2. The summed E-state index contributed by atoms with van der Waals surface area (Å²) in [4.78, 5) is 39.5. The number of hydrogen-bond donors (Lipinski definition) is 4. The van der Waals surface area contributed by atoms with Crippen LogP contribution < -0.4 is 22.4 Å². The maximum Gasteiger partial charge on any atom is 0.332 e. The van der Waals surface area contributed by atoms with Crippen LogP contribution in [0.15, 0.2) is 9.98 Å². The highest BCUT2D eigenvalue weighted by Crippen LogP contribution is 2.12. The monoisotopic (exact) mass is 400 g/mol.